The Morgan fingerprint density at radius 1 is 1.00 bits per heavy atom. The molecule has 5 nitrogen and oxygen atoms in total. The molecular formula is C22H19NO4. The zero-order valence-corrected chi connectivity index (χ0v) is 14.8. The van der Waals surface area contributed by atoms with E-state index in [1.54, 1.807) is 43.3 Å². The smallest absolute Gasteiger partial charge is 0.338 e. The first kappa shape index (κ1) is 18.2. The van der Waals surface area contributed by atoms with Gasteiger partial charge in [0, 0.05) is 17.3 Å². The Bertz CT molecular complexity index is 940. The van der Waals surface area contributed by atoms with E-state index in [1.165, 1.54) is 6.08 Å². The van der Waals surface area contributed by atoms with E-state index >= 15 is 0 Å². The fraction of sp³-hybridized carbons (Fsp3) is 0.0909. The zero-order chi connectivity index (χ0) is 19.1. The van der Waals surface area contributed by atoms with Crippen molar-refractivity contribution in [2.45, 2.75) is 6.92 Å². The molecule has 1 amide bonds. The highest BCUT2D eigenvalue weighted by Crippen LogP contribution is 2.22. The van der Waals surface area contributed by atoms with Crippen LogP contribution in [0.3, 0.4) is 0 Å². The van der Waals surface area contributed by atoms with Crippen molar-refractivity contribution in [1.29, 1.82) is 0 Å². The largest absolute Gasteiger partial charge is 0.462 e. The molecular weight excluding hydrogens is 342 g/mol. The highest BCUT2D eigenvalue weighted by molar-refractivity contribution is 6.02. The van der Waals surface area contributed by atoms with E-state index in [9.17, 15) is 9.59 Å². The normalized spacial score (nSPS) is 10.7. The van der Waals surface area contributed by atoms with Crippen LogP contribution in [-0.4, -0.2) is 18.5 Å². The van der Waals surface area contributed by atoms with Crippen molar-refractivity contribution in [3.05, 3.63) is 84.1 Å². The molecule has 0 atom stereocenters. The summed E-state index contributed by atoms with van der Waals surface area (Å²) < 4.78 is 10.6. The van der Waals surface area contributed by atoms with E-state index in [0.29, 0.717) is 23.6 Å². The number of benzene rings is 2. The molecule has 0 fully saturated rings. The summed E-state index contributed by atoms with van der Waals surface area (Å²) in [5.74, 6) is 0.644. The molecule has 1 heterocycles. The van der Waals surface area contributed by atoms with Gasteiger partial charge in [-0.2, -0.15) is 0 Å². The van der Waals surface area contributed by atoms with Crippen LogP contribution < -0.4 is 5.32 Å². The minimum atomic E-state index is -0.387. The molecule has 136 valence electrons. The van der Waals surface area contributed by atoms with Crippen LogP contribution in [0.25, 0.3) is 17.4 Å². The van der Waals surface area contributed by atoms with Crippen LogP contribution in [0.1, 0.15) is 23.0 Å². The molecule has 0 radical (unpaired) electrons. The van der Waals surface area contributed by atoms with Crippen molar-refractivity contribution in [3.8, 4) is 11.3 Å². The number of ether oxygens (including phenoxy) is 1. The van der Waals surface area contributed by atoms with Crippen LogP contribution in [0.15, 0.2) is 77.2 Å². The molecule has 27 heavy (non-hydrogen) atoms. The van der Waals surface area contributed by atoms with E-state index in [1.807, 2.05) is 36.4 Å². The van der Waals surface area contributed by atoms with Gasteiger partial charge in [0.05, 0.1) is 12.2 Å². The minimum Gasteiger partial charge on any atom is -0.462 e. The maximum atomic E-state index is 12.1. The lowest BCUT2D eigenvalue weighted by molar-refractivity contribution is -0.111. The maximum Gasteiger partial charge on any atom is 0.338 e. The first-order valence-electron chi connectivity index (χ1n) is 8.57. The number of amides is 1. The number of carbonyl (C=O) groups excluding carboxylic acids is 2. The Hall–Kier alpha value is -3.60. The van der Waals surface area contributed by atoms with Crippen molar-refractivity contribution >= 4 is 23.6 Å². The number of esters is 1. The number of hydrogen-bond donors (Lipinski definition) is 1. The van der Waals surface area contributed by atoms with Gasteiger partial charge in [0.15, 0.2) is 0 Å². The molecule has 0 unspecified atom stereocenters. The second-order valence-electron chi connectivity index (χ2n) is 5.69. The summed E-state index contributed by atoms with van der Waals surface area (Å²) in [7, 11) is 0. The molecule has 0 aliphatic heterocycles. The van der Waals surface area contributed by atoms with Gasteiger partial charge >= 0.3 is 5.97 Å². The molecule has 3 aromatic rings. The van der Waals surface area contributed by atoms with Crippen LogP contribution in [0.4, 0.5) is 5.69 Å². The van der Waals surface area contributed by atoms with E-state index in [0.717, 1.165) is 11.3 Å². The highest BCUT2D eigenvalue weighted by Gasteiger charge is 2.06. The van der Waals surface area contributed by atoms with Crippen molar-refractivity contribution in [3.63, 3.8) is 0 Å². The van der Waals surface area contributed by atoms with Gasteiger partial charge in [0.1, 0.15) is 11.5 Å². The van der Waals surface area contributed by atoms with Gasteiger partial charge in [-0.15, -0.1) is 0 Å². The predicted molar refractivity (Wildman–Crippen MR) is 104 cm³/mol. The summed E-state index contributed by atoms with van der Waals surface area (Å²) in [6, 6.07) is 19.9. The summed E-state index contributed by atoms with van der Waals surface area (Å²) >= 11 is 0. The van der Waals surface area contributed by atoms with Gasteiger partial charge in [0.25, 0.3) is 0 Å². The summed E-state index contributed by atoms with van der Waals surface area (Å²) in [4.78, 5) is 23.7. The molecule has 0 spiro atoms. The first-order chi connectivity index (χ1) is 13.2. The van der Waals surface area contributed by atoms with Crippen LogP contribution >= 0.6 is 0 Å². The Morgan fingerprint density at radius 2 is 1.74 bits per heavy atom. The number of nitrogens with one attached hydrogen (secondary N) is 1. The molecule has 3 rings (SSSR count). The number of rotatable bonds is 6. The van der Waals surface area contributed by atoms with Crippen LogP contribution in [0.2, 0.25) is 0 Å². The second-order valence-corrected chi connectivity index (χ2v) is 5.69. The monoisotopic (exact) mass is 361 g/mol. The Balaban J connectivity index is 1.59. The third-order valence-electron chi connectivity index (χ3n) is 3.75. The van der Waals surface area contributed by atoms with E-state index in [-0.39, 0.29) is 11.9 Å². The predicted octanol–water partition coefficient (Wildman–Crippen LogP) is 4.78. The summed E-state index contributed by atoms with van der Waals surface area (Å²) in [6.45, 7) is 2.07. The Morgan fingerprint density at radius 3 is 2.44 bits per heavy atom. The fourth-order valence-electron chi connectivity index (χ4n) is 2.45. The lowest BCUT2D eigenvalue weighted by Gasteiger charge is -2.04. The summed E-state index contributed by atoms with van der Waals surface area (Å²) in [5.41, 5.74) is 2.00. The number of hydrogen-bond acceptors (Lipinski definition) is 4. The minimum absolute atomic E-state index is 0.295. The number of furan rings is 1. The van der Waals surface area contributed by atoms with E-state index < -0.39 is 0 Å². The third-order valence-corrected chi connectivity index (χ3v) is 3.75. The van der Waals surface area contributed by atoms with Crippen LogP contribution in [-0.2, 0) is 9.53 Å². The quantitative estimate of drug-likeness (QED) is 0.507. The Labute approximate surface area is 157 Å². The molecule has 0 aliphatic rings. The van der Waals surface area contributed by atoms with Crippen molar-refractivity contribution in [2.24, 2.45) is 0 Å². The SMILES string of the molecule is CCOC(=O)c1ccc(NC(=O)/C=C/c2ccc(-c3ccccc3)o2)cc1. The summed E-state index contributed by atoms with van der Waals surface area (Å²) in [5, 5.41) is 2.73. The second kappa shape index (κ2) is 8.67. The average molecular weight is 361 g/mol. The fourth-order valence-corrected chi connectivity index (χ4v) is 2.45. The molecule has 0 saturated heterocycles. The van der Waals surface area contributed by atoms with Gasteiger partial charge in [-0.05, 0) is 49.4 Å². The van der Waals surface area contributed by atoms with Crippen molar-refractivity contribution in [1.82, 2.24) is 0 Å². The molecule has 0 bridgehead atoms. The molecule has 0 saturated carbocycles. The highest BCUT2D eigenvalue weighted by atomic mass is 16.5. The third kappa shape index (κ3) is 4.95. The van der Waals surface area contributed by atoms with E-state index in [4.69, 9.17) is 9.15 Å². The molecule has 0 aliphatic carbocycles. The zero-order valence-electron chi connectivity index (χ0n) is 14.8. The van der Waals surface area contributed by atoms with Gasteiger partial charge in [-0.3, -0.25) is 4.79 Å². The van der Waals surface area contributed by atoms with Gasteiger partial charge < -0.3 is 14.5 Å². The topological polar surface area (TPSA) is 68.5 Å². The molecule has 5 heteroatoms. The molecule has 1 N–H and O–H groups in total. The van der Waals surface area contributed by atoms with Crippen molar-refractivity contribution in [2.75, 3.05) is 11.9 Å². The standard InChI is InChI=1S/C22H19NO4/c1-2-26-22(25)17-8-10-18(11-9-17)23-21(24)15-13-19-12-14-20(27-19)16-6-4-3-5-7-16/h3-15H,2H2,1H3,(H,23,24)/b15-13+. The van der Waals surface area contributed by atoms with Crippen LogP contribution in [0.5, 0.6) is 0 Å². The van der Waals surface area contributed by atoms with Crippen LogP contribution in [0, 0.1) is 0 Å². The summed E-state index contributed by atoms with van der Waals surface area (Å²) in [6.07, 6.45) is 3.00. The van der Waals surface area contributed by atoms with E-state index in [2.05, 4.69) is 5.32 Å². The van der Waals surface area contributed by atoms with Gasteiger partial charge in [0.2, 0.25) is 5.91 Å². The average Bonchev–Trinajstić information content (AvgIpc) is 3.17. The number of carbonyl (C=O) groups is 2. The van der Waals surface area contributed by atoms with Crippen molar-refractivity contribution < 1.29 is 18.7 Å². The lowest BCUT2D eigenvalue weighted by atomic mass is 10.2. The molecule has 2 aromatic carbocycles. The molecule has 1 aromatic heterocycles. The lowest BCUT2D eigenvalue weighted by Crippen LogP contribution is -2.08. The number of anilines is 1. The first-order valence-corrected chi connectivity index (χ1v) is 8.57. The Kier molecular flexibility index (Phi) is 5.84. The van der Waals surface area contributed by atoms with Gasteiger partial charge in [-0.1, -0.05) is 30.3 Å². The maximum absolute atomic E-state index is 12.1. The van der Waals surface area contributed by atoms with Gasteiger partial charge in [-0.25, -0.2) is 4.79 Å².